The van der Waals surface area contributed by atoms with Crippen molar-refractivity contribution in [2.75, 3.05) is 23.8 Å². The van der Waals surface area contributed by atoms with Crippen molar-refractivity contribution < 1.29 is 14.3 Å². The van der Waals surface area contributed by atoms with Gasteiger partial charge in [0, 0.05) is 30.5 Å². The molecule has 3 rings (SSSR count). The van der Waals surface area contributed by atoms with Crippen LogP contribution in [0.1, 0.15) is 61.0 Å². The third kappa shape index (κ3) is 6.65. The first-order chi connectivity index (χ1) is 15.3. The number of benzene rings is 2. The number of aryl methyl sites for hydroxylation is 1. The zero-order chi connectivity index (χ0) is 23.1. The van der Waals surface area contributed by atoms with Crippen molar-refractivity contribution in [1.82, 2.24) is 5.32 Å². The summed E-state index contributed by atoms with van der Waals surface area (Å²) in [7, 11) is 0. The van der Waals surface area contributed by atoms with Crippen molar-refractivity contribution in [1.29, 1.82) is 0 Å². The molecule has 0 saturated carbocycles. The molecule has 0 bridgehead atoms. The molecule has 0 radical (unpaired) electrons. The van der Waals surface area contributed by atoms with E-state index in [-0.39, 0.29) is 17.9 Å². The molecular formula is C25H32N4O3. The second-order valence-corrected chi connectivity index (χ2v) is 8.39. The van der Waals surface area contributed by atoms with E-state index in [1.54, 1.807) is 12.1 Å². The van der Waals surface area contributed by atoms with Gasteiger partial charge in [-0.2, -0.15) is 0 Å². The smallest absolute Gasteiger partial charge is 0.258 e. The highest BCUT2D eigenvalue weighted by atomic mass is 16.5. The summed E-state index contributed by atoms with van der Waals surface area (Å²) in [6.45, 7) is 8.81. The minimum Gasteiger partial charge on any atom is -0.376 e. The van der Waals surface area contributed by atoms with Crippen LogP contribution in [0.3, 0.4) is 0 Å². The number of carbonyl (C=O) groups excluding carboxylic acids is 2. The molecule has 32 heavy (non-hydrogen) atoms. The van der Waals surface area contributed by atoms with Crippen molar-refractivity contribution in [3.63, 3.8) is 0 Å². The van der Waals surface area contributed by atoms with Crippen molar-refractivity contribution in [2.45, 2.75) is 52.6 Å². The SMILES string of the molecule is CC(=O)Nc1cc(C(=O)NC(=NC[C@H]2CCCO2)Nc2cccc(C(C)C)c2)ccc1C. The Hall–Kier alpha value is -3.19. The lowest BCUT2D eigenvalue weighted by atomic mass is 10.0. The van der Waals surface area contributed by atoms with E-state index in [0.29, 0.717) is 29.7 Å². The molecule has 1 atom stereocenters. The van der Waals surface area contributed by atoms with Gasteiger partial charge in [-0.1, -0.05) is 32.0 Å². The first-order valence-corrected chi connectivity index (χ1v) is 11.0. The largest absolute Gasteiger partial charge is 0.376 e. The summed E-state index contributed by atoms with van der Waals surface area (Å²) in [4.78, 5) is 29.1. The monoisotopic (exact) mass is 436 g/mol. The summed E-state index contributed by atoms with van der Waals surface area (Å²) < 4.78 is 5.67. The standard InChI is InChI=1S/C25H32N4O3/c1-16(2)19-7-5-8-21(13-19)28-25(26-15-22-9-6-12-32-22)29-24(31)20-11-10-17(3)23(14-20)27-18(4)30/h5,7-8,10-11,13-14,16,22H,6,9,12,15H2,1-4H3,(H,27,30)(H2,26,28,29,31)/t22-/m1/s1. The maximum absolute atomic E-state index is 13.0. The van der Waals surface area contributed by atoms with Crippen LogP contribution in [0.5, 0.6) is 0 Å². The lowest BCUT2D eigenvalue weighted by Crippen LogP contribution is -2.36. The van der Waals surface area contributed by atoms with Crippen molar-refractivity contribution in [2.24, 2.45) is 4.99 Å². The number of amides is 2. The molecule has 1 heterocycles. The zero-order valence-electron chi connectivity index (χ0n) is 19.2. The van der Waals surface area contributed by atoms with Gasteiger partial charge < -0.3 is 15.4 Å². The highest BCUT2D eigenvalue weighted by molar-refractivity contribution is 6.10. The van der Waals surface area contributed by atoms with E-state index in [1.165, 1.54) is 12.5 Å². The van der Waals surface area contributed by atoms with Crippen LogP contribution in [0, 0.1) is 6.92 Å². The summed E-state index contributed by atoms with van der Waals surface area (Å²) in [6.07, 6.45) is 2.06. The first kappa shape index (κ1) is 23.5. The van der Waals surface area contributed by atoms with Gasteiger partial charge in [-0.3, -0.25) is 14.9 Å². The van der Waals surface area contributed by atoms with Crippen molar-refractivity contribution >= 4 is 29.1 Å². The third-order valence-electron chi connectivity index (χ3n) is 5.34. The molecule has 7 heteroatoms. The highest BCUT2D eigenvalue weighted by Gasteiger charge is 2.17. The Morgan fingerprint density at radius 1 is 1.16 bits per heavy atom. The molecule has 0 aliphatic carbocycles. The third-order valence-corrected chi connectivity index (χ3v) is 5.34. The fourth-order valence-electron chi connectivity index (χ4n) is 3.47. The molecule has 170 valence electrons. The van der Waals surface area contributed by atoms with E-state index in [9.17, 15) is 9.59 Å². The number of aliphatic imine (C=N–C) groups is 1. The second-order valence-electron chi connectivity index (χ2n) is 8.39. The fourth-order valence-corrected chi connectivity index (χ4v) is 3.47. The van der Waals surface area contributed by atoms with Crippen molar-refractivity contribution in [3.05, 3.63) is 59.2 Å². The normalized spacial score (nSPS) is 16.2. The molecule has 2 amide bonds. The summed E-state index contributed by atoms with van der Waals surface area (Å²) in [5.41, 5.74) is 3.97. The molecule has 1 fully saturated rings. The molecule has 1 saturated heterocycles. The van der Waals surface area contributed by atoms with Crippen LogP contribution in [0.2, 0.25) is 0 Å². The molecule has 7 nitrogen and oxygen atoms in total. The van der Waals surface area contributed by atoms with Gasteiger partial charge >= 0.3 is 0 Å². The van der Waals surface area contributed by atoms with Gasteiger partial charge in [0.25, 0.3) is 5.91 Å². The number of nitrogens with zero attached hydrogens (tertiary/aromatic N) is 1. The topological polar surface area (TPSA) is 91.8 Å². The van der Waals surface area contributed by atoms with Gasteiger partial charge in [0.1, 0.15) is 0 Å². The Balaban J connectivity index is 1.80. The van der Waals surface area contributed by atoms with E-state index in [1.807, 2.05) is 25.1 Å². The molecule has 2 aromatic carbocycles. The summed E-state index contributed by atoms with van der Waals surface area (Å²) in [5.74, 6) is 0.262. The molecule has 3 N–H and O–H groups in total. The predicted molar refractivity (Wildman–Crippen MR) is 128 cm³/mol. The minimum atomic E-state index is -0.310. The Bertz CT molecular complexity index is 994. The summed E-state index contributed by atoms with van der Waals surface area (Å²) in [5, 5.41) is 8.90. The highest BCUT2D eigenvalue weighted by Crippen LogP contribution is 2.19. The van der Waals surface area contributed by atoms with Crippen LogP contribution in [0.25, 0.3) is 0 Å². The fraction of sp³-hybridized carbons (Fsp3) is 0.400. The average Bonchev–Trinajstić information content (AvgIpc) is 3.27. The zero-order valence-corrected chi connectivity index (χ0v) is 19.2. The maximum Gasteiger partial charge on any atom is 0.258 e. The summed E-state index contributed by atoms with van der Waals surface area (Å²) in [6, 6.07) is 13.3. The molecule has 1 aliphatic heterocycles. The van der Waals surface area contributed by atoms with E-state index >= 15 is 0 Å². The predicted octanol–water partition coefficient (Wildman–Crippen LogP) is 4.45. The molecule has 0 spiro atoms. The van der Waals surface area contributed by atoms with E-state index in [2.05, 4.69) is 46.9 Å². The number of nitrogens with one attached hydrogen (secondary N) is 3. The molecule has 1 aliphatic rings. The van der Waals surface area contributed by atoms with Gasteiger partial charge in [-0.15, -0.1) is 0 Å². The Morgan fingerprint density at radius 2 is 1.97 bits per heavy atom. The second kappa shape index (κ2) is 10.9. The Labute approximate surface area is 189 Å². The van der Waals surface area contributed by atoms with Gasteiger partial charge in [-0.05, 0) is 61.1 Å². The Kier molecular flexibility index (Phi) is 8.00. The van der Waals surface area contributed by atoms with E-state index < -0.39 is 0 Å². The number of hydrogen-bond donors (Lipinski definition) is 3. The number of anilines is 2. The van der Waals surface area contributed by atoms with Gasteiger partial charge in [0.05, 0.1) is 12.6 Å². The average molecular weight is 437 g/mol. The number of ether oxygens (including phenoxy) is 1. The number of carbonyl (C=O) groups is 2. The van der Waals surface area contributed by atoms with E-state index in [0.717, 1.165) is 30.7 Å². The molecular weight excluding hydrogens is 404 g/mol. The van der Waals surface area contributed by atoms with Crippen LogP contribution >= 0.6 is 0 Å². The number of rotatable bonds is 6. The lowest BCUT2D eigenvalue weighted by molar-refractivity contribution is -0.114. The van der Waals surface area contributed by atoms with Crippen LogP contribution in [0.15, 0.2) is 47.5 Å². The van der Waals surface area contributed by atoms with Crippen molar-refractivity contribution in [3.8, 4) is 0 Å². The summed E-state index contributed by atoms with van der Waals surface area (Å²) >= 11 is 0. The Morgan fingerprint density at radius 3 is 2.66 bits per heavy atom. The lowest BCUT2D eigenvalue weighted by Gasteiger charge is -2.15. The van der Waals surface area contributed by atoms with Crippen LogP contribution < -0.4 is 16.0 Å². The van der Waals surface area contributed by atoms with Crippen LogP contribution in [-0.2, 0) is 9.53 Å². The van der Waals surface area contributed by atoms with Crippen LogP contribution in [0.4, 0.5) is 11.4 Å². The van der Waals surface area contributed by atoms with Gasteiger partial charge in [0.2, 0.25) is 11.9 Å². The van der Waals surface area contributed by atoms with Crippen LogP contribution in [-0.4, -0.2) is 37.0 Å². The maximum atomic E-state index is 13.0. The number of hydrogen-bond acceptors (Lipinski definition) is 4. The van der Waals surface area contributed by atoms with Gasteiger partial charge in [-0.25, -0.2) is 4.99 Å². The molecule has 0 aromatic heterocycles. The minimum absolute atomic E-state index is 0.0662. The van der Waals surface area contributed by atoms with Gasteiger partial charge in [0.15, 0.2) is 0 Å². The molecule has 2 aromatic rings. The number of guanidine groups is 1. The first-order valence-electron chi connectivity index (χ1n) is 11.0. The quantitative estimate of drug-likeness (QED) is 0.461. The van der Waals surface area contributed by atoms with E-state index in [4.69, 9.17) is 4.74 Å². The molecule has 0 unspecified atom stereocenters.